The summed E-state index contributed by atoms with van der Waals surface area (Å²) in [7, 11) is 4.17. The van der Waals surface area contributed by atoms with E-state index in [4.69, 9.17) is 5.26 Å². The van der Waals surface area contributed by atoms with Crippen molar-refractivity contribution in [3.05, 3.63) is 35.4 Å². The lowest BCUT2D eigenvalue weighted by atomic mass is 9.96. The molecule has 1 aromatic carbocycles. The predicted octanol–water partition coefficient (Wildman–Crippen LogP) is 2.16. The number of rotatable bonds is 4. The zero-order chi connectivity index (χ0) is 14.6. The molecule has 106 valence electrons. The first kappa shape index (κ1) is 14.5. The van der Waals surface area contributed by atoms with Crippen LogP contribution in [0.1, 0.15) is 41.6 Å². The van der Waals surface area contributed by atoms with Crippen LogP contribution in [0.5, 0.6) is 0 Å². The van der Waals surface area contributed by atoms with E-state index in [1.807, 2.05) is 0 Å². The van der Waals surface area contributed by atoms with Crippen LogP contribution < -0.4 is 5.32 Å². The van der Waals surface area contributed by atoms with E-state index < -0.39 is 0 Å². The Hall–Kier alpha value is -1.86. The summed E-state index contributed by atoms with van der Waals surface area (Å²) >= 11 is 0. The van der Waals surface area contributed by atoms with Gasteiger partial charge in [0.2, 0.25) is 0 Å². The fourth-order valence-corrected chi connectivity index (χ4v) is 2.86. The van der Waals surface area contributed by atoms with Gasteiger partial charge in [0, 0.05) is 17.6 Å². The maximum atomic E-state index is 12.2. The van der Waals surface area contributed by atoms with Gasteiger partial charge in [-0.2, -0.15) is 5.26 Å². The fourth-order valence-electron chi connectivity index (χ4n) is 2.86. The summed E-state index contributed by atoms with van der Waals surface area (Å²) in [6.07, 6.45) is 4.72. The van der Waals surface area contributed by atoms with E-state index in [9.17, 15) is 4.79 Å². The van der Waals surface area contributed by atoms with E-state index in [0.29, 0.717) is 17.7 Å². The smallest absolute Gasteiger partial charge is 0.251 e. The van der Waals surface area contributed by atoms with Crippen LogP contribution in [0.2, 0.25) is 0 Å². The van der Waals surface area contributed by atoms with E-state index in [2.05, 4.69) is 30.4 Å². The second kappa shape index (κ2) is 6.06. The minimum atomic E-state index is -0.0670. The van der Waals surface area contributed by atoms with Crippen molar-refractivity contribution in [1.82, 2.24) is 10.2 Å². The van der Waals surface area contributed by atoms with Crippen LogP contribution in [-0.2, 0) is 0 Å². The summed E-state index contributed by atoms with van der Waals surface area (Å²) in [4.78, 5) is 14.4. The highest BCUT2D eigenvalue weighted by molar-refractivity contribution is 5.94. The first-order chi connectivity index (χ1) is 9.57. The molecule has 1 N–H and O–H groups in total. The first-order valence-corrected chi connectivity index (χ1v) is 7.03. The van der Waals surface area contributed by atoms with E-state index in [1.54, 1.807) is 24.3 Å². The molecule has 1 fully saturated rings. The third kappa shape index (κ3) is 3.00. The standard InChI is InChI=1S/C16H21N3O/c1-19(2)16(9-3-4-10-16)12-18-15(20)14-7-5-13(11-17)6-8-14/h5-8H,3-4,9-10,12H2,1-2H3,(H,18,20). The number of nitrogens with zero attached hydrogens (tertiary/aromatic N) is 2. The van der Waals surface area contributed by atoms with Crippen LogP contribution in [0, 0.1) is 11.3 Å². The Labute approximate surface area is 120 Å². The summed E-state index contributed by atoms with van der Waals surface area (Å²) in [5.41, 5.74) is 1.28. The van der Waals surface area contributed by atoms with Gasteiger partial charge in [-0.25, -0.2) is 0 Å². The number of nitriles is 1. The van der Waals surface area contributed by atoms with Crippen LogP contribution in [0.4, 0.5) is 0 Å². The summed E-state index contributed by atoms with van der Waals surface area (Å²) in [5.74, 6) is -0.0670. The van der Waals surface area contributed by atoms with Crippen molar-refractivity contribution < 1.29 is 4.79 Å². The van der Waals surface area contributed by atoms with Gasteiger partial charge in [0.15, 0.2) is 0 Å². The lowest BCUT2D eigenvalue weighted by Crippen LogP contribution is -2.50. The third-order valence-electron chi connectivity index (χ3n) is 4.34. The first-order valence-electron chi connectivity index (χ1n) is 7.03. The molecule has 0 bridgehead atoms. The SMILES string of the molecule is CN(C)C1(CNC(=O)c2ccc(C#N)cc2)CCCC1. The van der Waals surface area contributed by atoms with Gasteiger partial charge in [-0.05, 0) is 51.2 Å². The lowest BCUT2D eigenvalue weighted by molar-refractivity contribution is 0.0900. The molecule has 0 atom stereocenters. The number of carbonyl (C=O) groups is 1. The molecule has 0 saturated heterocycles. The monoisotopic (exact) mass is 271 g/mol. The molecule has 0 radical (unpaired) electrons. The number of hydrogen-bond acceptors (Lipinski definition) is 3. The number of nitrogens with one attached hydrogen (secondary N) is 1. The molecule has 0 unspecified atom stereocenters. The van der Waals surface area contributed by atoms with Crippen molar-refractivity contribution in [2.24, 2.45) is 0 Å². The van der Waals surface area contributed by atoms with Gasteiger partial charge in [-0.15, -0.1) is 0 Å². The van der Waals surface area contributed by atoms with E-state index in [0.717, 1.165) is 12.8 Å². The molecule has 4 heteroatoms. The van der Waals surface area contributed by atoms with Gasteiger partial charge >= 0.3 is 0 Å². The Balaban J connectivity index is 1.99. The third-order valence-corrected chi connectivity index (χ3v) is 4.34. The molecule has 0 aromatic heterocycles. The van der Waals surface area contributed by atoms with Crippen LogP contribution in [0.3, 0.4) is 0 Å². The largest absolute Gasteiger partial charge is 0.350 e. The number of carbonyl (C=O) groups excluding carboxylic acids is 1. The van der Waals surface area contributed by atoms with E-state index in [1.165, 1.54) is 12.8 Å². The predicted molar refractivity (Wildman–Crippen MR) is 78.4 cm³/mol. The zero-order valence-electron chi connectivity index (χ0n) is 12.1. The van der Waals surface area contributed by atoms with E-state index >= 15 is 0 Å². The maximum Gasteiger partial charge on any atom is 0.251 e. The van der Waals surface area contributed by atoms with Gasteiger partial charge in [0.05, 0.1) is 11.6 Å². The highest BCUT2D eigenvalue weighted by Gasteiger charge is 2.36. The molecule has 0 heterocycles. The minimum Gasteiger partial charge on any atom is -0.350 e. The molecule has 1 aliphatic carbocycles. The quantitative estimate of drug-likeness (QED) is 0.913. The van der Waals surface area contributed by atoms with Gasteiger partial charge in [0.1, 0.15) is 0 Å². The Morgan fingerprint density at radius 2 is 1.90 bits per heavy atom. The van der Waals surface area contributed by atoms with Gasteiger partial charge in [-0.3, -0.25) is 4.79 Å². The Bertz CT molecular complexity index is 508. The number of amides is 1. The number of benzene rings is 1. The maximum absolute atomic E-state index is 12.2. The van der Waals surface area contributed by atoms with Crippen LogP contribution >= 0.6 is 0 Å². The zero-order valence-corrected chi connectivity index (χ0v) is 12.1. The molecule has 0 spiro atoms. The summed E-state index contributed by atoms with van der Waals surface area (Å²) in [6, 6.07) is 8.80. The van der Waals surface area contributed by atoms with Crippen molar-refractivity contribution in [3.8, 4) is 6.07 Å². The van der Waals surface area contributed by atoms with Crippen molar-refractivity contribution in [2.45, 2.75) is 31.2 Å². The van der Waals surface area contributed by atoms with Crippen molar-refractivity contribution in [1.29, 1.82) is 5.26 Å². The normalized spacial score (nSPS) is 16.9. The molecule has 0 aliphatic heterocycles. The molecule has 1 saturated carbocycles. The molecule has 1 aliphatic rings. The Morgan fingerprint density at radius 3 is 2.40 bits per heavy atom. The summed E-state index contributed by atoms with van der Waals surface area (Å²) in [5, 5.41) is 11.8. The average Bonchev–Trinajstić information content (AvgIpc) is 2.95. The molecular formula is C16H21N3O. The summed E-state index contributed by atoms with van der Waals surface area (Å²) < 4.78 is 0. The van der Waals surface area contributed by atoms with Crippen molar-refractivity contribution in [3.63, 3.8) is 0 Å². The number of likely N-dealkylation sites (N-methyl/N-ethyl adjacent to an activating group) is 1. The second-order valence-electron chi connectivity index (χ2n) is 5.70. The average molecular weight is 271 g/mol. The molecular weight excluding hydrogens is 250 g/mol. The van der Waals surface area contributed by atoms with Crippen LogP contribution in [0.15, 0.2) is 24.3 Å². The molecule has 1 aromatic rings. The highest BCUT2D eigenvalue weighted by Crippen LogP contribution is 2.33. The molecule has 1 amide bonds. The van der Waals surface area contributed by atoms with E-state index in [-0.39, 0.29) is 11.4 Å². The summed E-state index contributed by atoms with van der Waals surface area (Å²) in [6.45, 7) is 0.679. The molecule has 20 heavy (non-hydrogen) atoms. The highest BCUT2D eigenvalue weighted by atomic mass is 16.1. The van der Waals surface area contributed by atoms with Gasteiger partial charge in [-0.1, -0.05) is 12.8 Å². The Kier molecular flexibility index (Phi) is 4.41. The Morgan fingerprint density at radius 1 is 1.30 bits per heavy atom. The fraction of sp³-hybridized carbons (Fsp3) is 0.500. The number of hydrogen-bond donors (Lipinski definition) is 1. The lowest BCUT2D eigenvalue weighted by Gasteiger charge is -2.36. The minimum absolute atomic E-state index is 0.0670. The van der Waals surface area contributed by atoms with Gasteiger partial charge < -0.3 is 10.2 Å². The van der Waals surface area contributed by atoms with Crippen molar-refractivity contribution >= 4 is 5.91 Å². The topological polar surface area (TPSA) is 56.1 Å². The van der Waals surface area contributed by atoms with Gasteiger partial charge in [0.25, 0.3) is 5.91 Å². The second-order valence-corrected chi connectivity index (χ2v) is 5.70. The van der Waals surface area contributed by atoms with Crippen LogP contribution in [-0.4, -0.2) is 37.0 Å². The van der Waals surface area contributed by atoms with Crippen LogP contribution in [0.25, 0.3) is 0 Å². The van der Waals surface area contributed by atoms with Crippen molar-refractivity contribution in [2.75, 3.05) is 20.6 Å². The molecule has 2 rings (SSSR count). The molecule has 4 nitrogen and oxygen atoms in total.